The van der Waals surface area contributed by atoms with E-state index in [2.05, 4.69) is 15.9 Å². The summed E-state index contributed by atoms with van der Waals surface area (Å²) in [4.78, 5) is 14.4. The van der Waals surface area contributed by atoms with Crippen LogP contribution < -0.4 is 9.21 Å². The highest BCUT2D eigenvalue weighted by Crippen LogP contribution is 2.37. The zero-order chi connectivity index (χ0) is 18.5. The van der Waals surface area contributed by atoms with Crippen LogP contribution in [0.25, 0.3) is 0 Å². The minimum absolute atomic E-state index is 0.160. The Labute approximate surface area is 161 Å². The first kappa shape index (κ1) is 17.5. The molecule has 0 atom stereocenters. The van der Waals surface area contributed by atoms with Gasteiger partial charge in [-0.25, -0.2) is 8.42 Å². The maximum absolute atomic E-state index is 13.0. The van der Waals surface area contributed by atoms with Gasteiger partial charge >= 0.3 is 0 Å². The quantitative estimate of drug-likeness (QED) is 0.738. The SMILES string of the molecule is CN(c1ccc(Br)cc1)S(=O)(=O)c1ccc2c(c1)CCN2C(=O)C1CC1. The van der Waals surface area contributed by atoms with Crippen molar-refractivity contribution in [3.63, 3.8) is 0 Å². The van der Waals surface area contributed by atoms with Crippen LogP contribution in [-0.4, -0.2) is 27.9 Å². The smallest absolute Gasteiger partial charge is 0.264 e. The Balaban J connectivity index is 1.63. The third-order valence-electron chi connectivity index (χ3n) is 4.99. The fraction of sp³-hybridized carbons (Fsp3) is 0.316. The lowest BCUT2D eigenvalue weighted by molar-refractivity contribution is -0.119. The van der Waals surface area contributed by atoms with E-state index in [1.165, 1.54) is 4.31 Å². The lowest BCUT2D eigenvalue weighted by atomic mass is 10.2. The number of benzene rings is 2. The van der Waals surface area contributed by atoms with Gasteiger partial charge in [0.1, 0.15) is 0 Å². The number of amides is 1. The molecular formula is C19H19BrN2O3S. The first-order valence-electron chi connectivity index (χ1n) is 8.57. The number of fused-ring (bicyclic) bond motifs is 1. The van der Waals surface area contributed by atoms with Gasteiger partial charge in [0, 0.05) is 29.7 Å². The molecule has 0 spiro atoms. The summed E-state index contributed by atoms with van der Waals surface area (Å²) in [7, 11) is -2.10. The van der Waals surface area contributed by atoms with Crippen LogP contribution in [0, 0.1) is 5.92 Å². The first-order valence-corrected chi connectivity index (χ1v) is 10.8. The average Bonchev–Trinajstić information content (AvgIpc) is 3.40. The minimum atomic E-state index is -3.65. The van der Waals surface area contributed by atoms with E-state index in [4.69, 9.17) is 0 Å². The fourth-order valence-electron chi connectivity index (χ4n) is 3.27. The van der Waals surface area contributed by atoms with Crippen molar-refractivity contribution in [3.05, 3.63) is 52.5 Å². The second-order valence-corrected chi connectivity index (χ2v) is 9.64. The number of hydrogen-bond donors (Lipinski definition) is 0. The molecule has 5 nitrogen and oxygen atoms in total. The minimum Gasteiger partial charge on any atom is -0.312 e. The molecule has 0 aromatic heterocycles. The Bertz CT molecular complexity index is 969. The molecule has 2 aromatic rings. The highest BCUT2D eigenvalue weighted by molar-refractivity contribution is 9.10. The monoisotopic (exact) mass is 434 g/mol. The molecule has 4 rings (SSSR count). The van der Waals surface area contributed by atoms with Gasteiger partial charge in [0.15, 0.2) is 0 Å². The highest BCUT2D eigenvalue weighted by atomic mass is 79.9. The van der Waals surface area contributed by atoms with Crippen molar-refractivity contribution < 1.29 is 13.2 Å². The third-order valence-corrected chi connectivity index (χ3v) is 7.30. The zero-order valence-electron chi connectivity index (χ0n) is 14.4. The Morgan fingerprint density at radius 2 is 1.85 bits per heavy atom. The van der Waals surface area contributed by atoms with Crippen molar-refractivity contribution in [3.8, 4) is 0 Å². The van der Waals surface area contributed by atoms with Gasteiger partial charge in [-0.15, -0.1) is 0 Å². The van der Waals surface area contributed by atoms with E-state index in [0.29, 0.717) is 18.7 Å². The van der Waals surface area contributed by atoms with Gasteiger partial charge < -0.3 is 4.90 Å². The van der Waals surface area contributed by atoms with Gasteiger partial charge in [0.25, 0.3) is 10.0 Å². The van der Waals surface area contributed by atoms with E-state index in [-0.39, 0.29) is 16.7 Å². The molecule has 0 radical (unpaired) electrons. The molecule has 0 N–H and O–H groups in total. The van der Waals surface area contributed by atoms with Crippen molar-refractivity contribution >= 4 is 43.2 Å². The van der Waals surface area contributed by atoms with Crippen molar-refractivity contribution in [2.24, 2.45) is 5.92 Å². The summed E-state index contributed by atoms with van der Waals surface area (Å²) < 4.78 is 28.1. The summed E-state index contributed by atoms with van der Waals surface area (Å²) in [5.74, 6) is 0.333. The molecule has 2 aliphatic rings. The molecule has 0 saturated heterocycles. The van der Waals surface area contributed by atoms with Gasteiger partial charge in [-0.2, -0.15) is 0 Å². The lowest BCUT2D eigenvalue weighted by Gasteiger charge is -2.21. The number of carbonyl (C=O) groups excluding carboxylic acids is 1. The second kappa shape index (κ2) is 6.39. The largest absolute Gasteiger partial charge is 0.312 e. The molecule has 136 valence electrons. The molecule has 1 amide bonds. The van der Waals surface area contributed by atoms with Gasteiger partial charge in [-0.1, -0.05) is 15.9 Å². The van der Waals surface area contributed by atoms with E-state index in [1.54, 1.807) is 37.4 Å². The summed E-state index contributed by atoms with van der Waals surface area (Å²) in [5, 5.41) is 0. The highest BCUT2D eigenvalue weighted by Gasteiger charge is 2.37. The van der Waals surface area contributed by atoms with Gasteiger partial charge in [0.05, 0.1) is 10.6 Å². The molecule has 1 fully saturated rings. The Hall–Kier alpha value is -1.86. The molecule has 0 unspecified atom stereocenters. The van der Waals surface area contributed by atoms with Crippen LogP contribution in [-0.2, 0) is 21.2 Å². The Morgan fingerprint density at radius 1 is 1.15 bits per heavy atom. The maximum Gasteiger partial charge on any atom is 0.264 e. The van der Waals surface area contributed by atoms with Gasteiger partial charge in [0.2, 0.25) is 5.91 Å². The number of halogens is 1. The molecule has 2 aromatic carbocycles. The predicted octanol–water partition coefficient (Wildman–Crippen LogP) is 3.57. The molecule has 0 bridgehead atoms. The molecule has 1 aliphatic heterocycles. The van der Waals surface area contributed by atoms with Crippen LogP contribution in [0.4, 0.5) is 11.4 Å². The van der Waals surface area contributed by atoms with E-state index in [0.717, 1.165) is 28.6 Å². The van der Waals surface area contributed by atoms with Crippen LogP contribution in [0.3, 0.4) is 0 Å². The summed E-state index contributed by atoms with van der Waals surface area (Å²) in [6.07, 6.45) is 2.63. The van der Waals surface area contributed by atoms with Gasteiger partial charge in [-0.05, 0) is 67.3 Å². The lowest BCUT2D eigenvalue weighted by Crippen LogP contribution is -2.30. The van der Waals surface area contributed by atoms with Gasteiger partial charge in [-0.3, -0.25) is 9.10 Å². The fourth-order valence-corrected chi connectivity index (χ4v) is 4.78. The van der Waals surface area contributed by atoms with Crippen molar-refractivity contribution in [2.75, 3.05) is 22.8 Å². The number of rotatable bonds is 4. The summed E-state index contributed by atoms with van der Waals surface area (Å²) in [6.45, 7) is 0.636. The van der Waals surface area contributed by atoms with E-state index in [1.807, 2.05) is 17.0 Å². The predicted molar refractivity (Wildman–Crippen MR) is 105 cm³/mol. The number of carbonyl (C=O) groups is 1. The summed E-state index contributed by atoms with van der Waals surface area (Å²) >= 11 is 3.36. The Morgan fingerprint density at radius 3 is 2.50 bits per heavy atom. The standard InChI is InChI=1S/C19H19BrN2O3S/c1-21(16-6-4-15(20)5-7-16)26(24,25)17-8-9-18-14(12-17)10-11-22(18)19(23)13-2-3-13/h4-9,12-13H,2-3,10-11H2,1H3. The van der Waals surface area contributed by atoms with E-state index < -0.39 is 10.0 Å². The van der Waals surface area contributed by atoms with Crippen LogP contribution in [0.5, 0.6) is 0 Å². The van der Waals surface area contributed by atoms with E-state index >= 15 is 0 Å². The topological polar surface area (TPSA) is 57.7 Å². The molecule has 7 heteroatoms. The normalized spacial score (nSPS) is 16.5. The molecule has 1 heterocycles. The Kier molecular flexibility index (Phi) is 4.31. The first-order chi connectivity index (χ1) is 12.4. The summed E-state index contributed by atoms with van der Waals surface area (Å²) in [5.41, 5.74) is 2.37. The maximum atomic E-state index is 13.0. The van der Waals surface area contributed by atoms with Crippen molar-refractivity contribution in [2.45, 2.75) is 24.2 Å². The molecule has 26 heavy (non-hydrogen) atoms. The zero-order valence-corrected chi connectivity index (χ0v) is 16.8. The second-order valence-electron chi connectivity index (χ2n) is 6.75. The number of anilines is 2. The van der Waals surface area contributed by atoms with Crippen LogP contribution in [0.1, 0.15) is 18.4 Å². The van der Waals surface area contributed by atoms with Crippen molar-refractivity contribution in [1.82, 2.24) is 0 Å². The number of sulfonamides is 1. The summed E-state index contributed by atoms with van der Waals surface area (Å²) in [6, 6.07) is 12.2. The third kappa shape index (κ3) is 3.03. The molecule has 1 aliphatic carbocycles. The van der Waals surface area contributed by atoms with E-state index in [9.17, 15) is 13.2 Å². The number of hydrogen-bond acceptors (Lipinski definition) is 3. The van der Waals surface area contributed by atoms with Crippen molar-refractivity contribution in [1.29, 1.82) is 0 Å². The number of nitrogens with zero attached hydrogens (tertiary/aromatic N) is 2. The molecular weight excluding hydrogens is 416 g/mol. The average molecular weight is 435 g/mol. The van der Waals surface area contributed by atoms with Crippen LogP contribution >= 0.6 is 15.9 Å². The molecule has 1 saturated carbocycles. The van der Waals surface area contributed by atoms with Crippen LogP contribution in [0.2, 0.25) is 0 Å². The van der Waals surface area contributed by atoms with Crippen LogP contribution in [0.15, 0.2) is 51.8 Å².